The van der Waals surface area contributed by atoms with Crippen molar-refractivity contribution < 1.29 is 4.74 Å². The number of rotatable bonds is 4. The van der Waals surface area contributed by atoms with Gasteiger partial charge in [-0.15, -0.1) is 0 Å². The fourth-order valence-electron chi connectivity index (χ4n) is 2.00. The topological polar surface area (TPSA) is 35.2 Å². The highest BCUT2D eigenvalue weighted by Gasteiger charge is 2.03. The Labute approximate surface area is 115 Å². The molecule has 1 atom stereocenters. The van der Waals surface area contributed by atoms with Gasteiger partial charge in [0.1, 0.15) is 12.4 Å². The second-order valence-corrected chi connectivity index (χ2v) is 5.08. The van der Waals surface area contributed by atoms with E-state index in [0.29, 0.717) is 6.61 Å². The molecule has 2 aromatic rings. The lowest BCUT2D eigenvalue weighted by atomic mass is 10.1. The van der Waals surface area contributed by atoms with E-state index in [4.69, 9.17) is 10.5 Å². The number of ether oxygens (including phenoxy) is 1. The van der Waals surface area contributed by atoms with Crippen LogP contribution in [0.1, 0.15) is 35.2 Å². The maximum Gasteiger partial charge on any atom is 0.120 e. The number of hydrogen-bond acceptors (Lipinski definition) is 2. The Bertz CT molecular complexity index is 561. The van der Waals surface area contributed by atoms with Crippen molar-refractivity contribution >= 4 is 0 Å². The molecule has 2 rings (SSSR count). The van der Waals surface area contributed by atoms with Gasteiger partial charge >= 0.3 is 0 Å². The second-order valence-electron chi connectivity index (χ2n) is 5.08. The Morgan fingerprint density at radius 2 is 1.89 bits per heavy atom. The van der Waals surface area contributed by atoms with Gasteiger partial charge in [0.15, 0.2) is 0 Å². The Kier molecular flexibility index (Phi) is 4.23. The molecule has 2 nitrogen and oxygen atoms in total. The molecule has 0 saturated carbocycles. The first-order valence-corrected chi connectivity index (χ1v) is 6.61. The maximum atomic E-state index is 5.88. The van der Waals surface area contributed by atoms with Gasteiger partial charge in [0.05, 0.1) is 0 Å². The molecule has 2 N–H and O–H groups in total. The van der Waals surface area contributed by atoms with Gasteiger partial charge in [-0.05, 0) is 49.6 Å². The first kappa shape index (κ1) is 13.6. The summed E-state index contributed by atoms with van der Waals surface area (Å²) in [6, 6.07) is 14.4. The van der Waals surface area contributed by atoms with Gasteiger partial charge in [-0.1, -0.05) is 35.9 Å². The molecule has 0 amide bonds. The van der Waals surface area contributed by atoms with Crippen LogP contribution in [0, 0.1) is 13.8 Å². The van der Waals surface area contributed by atoms with E-state index in [1.807, 2.05) is 31.2 Å². The van der Waals surface area contributed by atoms with Gasteiger partial charge in [-0.25, -0.2) is 0 Å². The summed E-state index contributed by atoms with van der Waals surface area (Å²) in [5.74, 6) is 0.871. The fourth-order valence-corrected chi connectivity index (χ4v) is 2.00. The highest BCUT2D eigenvalue weighted by Crippen LogP contribution is 2.20. The molecule has 19 heavy (non-hydrogen) atoms. The Hall–Kier alpha value is -1.80. The van der Waals surface area contributed by atoms with Crippen LogP contribution in [0.3, 0.4) is 0 Å². The first-order valence-electron chi connectivity index (χ1n) is 6.61. The summed E-state index contributed by atoms with van der Waals surface area (Å²) in [6.07, 6.45) is 0. The third kappa shape index (κ3) is 3.58. The zero-order valence-corrected chi connectivity index (χ0v) is 11.8. The van der Waals surface area contributed by atoms with Crippen LogP contribution >= 0.6 is 0 Å². The fraction of sp³-hybridized carbons (Fsp3) is 0.294. The SMILES string of the molecule is Cc1ccc(C)c(COc2cccc([C@H](C)N)c2)c1. The molecule has 0 spiro atoms. The van der Waals surface area contributed by atoms with Gasteiger partial charge in [-0.2, -0.15) is 0 Å². The summed E-state index contributed by atoms with van der Waals surface area (Å²) < 4.78 is 5.86. The zero-order chi connectivity index (χ0) is 13.8. The number of aryl methyl sites for hydroxylation is 2. The van der Waals surface area contributed by atoms with Crippen molar-refractivity contribution in [3.63, 3.8) is 0 Å². The van der Waals surface area contributed by atoms with Gasteiger partial charge < -0.3 is 10.5 Å². The van der Waals surface area contributed by atoms with E-state index in [9.17, 15) is 0 Å². The molecule has 0 bridgehead atoms. The molecule has 0 radical (unpaired) electrons. The third-order valence-electron chi connectivity index (χ3n) is 3.28. The summed E-state index contributed by atoms with van der Waals surface area (Å²) in [5, 5.41) is 0. The van der Waals surface area contributed by atoms with Crippen molar-refractivity contribution in [2.24, 2.45) is 5.73 Å². The Morgan fingerprint density at radius 3 is 2.63 bits per heavy atom. The Morgan fingerprint density at radius 1 is 1.11 bits per heavy atom. The maximum absolute atomic E-state index is 5.88. The lowest BCUT2D eigenvalue weighted by molar-refractivity contribution is 0.305. The first-order chi connectivity index (χ1) is 9.06. The van der Waals surface area contributed by atoms with Gasteiger partial charge in [-0.3, -0.25) is 0 Å². The molecule has 0 fully saturated rings. The molecular weight excluding hydrogens is 234 g/mol. The van der Waals surface area contributed by atoms with Crippen LogP contribution < -0.4 is 10.5 Å². The summed E-state index contributed by atoms with van der Waals surface area (Å²) in [4.78, 5) is 0. The van der Waals surface area contributed by atoms with E-state index >= 15 is 0 Å². The molecule has 0 aliphatic rings. The second kappa shape index (κ2) is 5.89. The van der Waals surface area contributed by atoms with Crippen LogP contribution in [0.25, 0.3) is 0 Å². The van der Waals surface area contributed by atoms with Crippen molar-refractivity contribution in [3.8, 4) is 5.75 Å². The smallest absolute Gasteiger partial charge is 0.120 e. The van der Waals surface area contributed by atoms with E-state index in [0.717, 1.165) is 11.3 Å². The quantitative estimate of drug-likeness (QED) is 0.899. The summed E-state index contributed by atoms with van der Waals surface area (Å²) in [6.45, 7) is 6.77. The van der Waals surface area contributed by atoms with E-state index in [1.165, 1.54) is 16.7 Å². The predicted molar refractivity (Wildman–Crippen MR) is 79.3 cm³/mol. The molecule has 0 heterocycles. The number of benzene rings is 2. The zero-order valence-electron chi connectivity index (χ0n) is 11.8. The minimum absolute atomic E-state index is 0.0317. The third-order valence-corrected chi connectivity index (χ3v) is 3.28. The van der Waals surface area contributed by atoms with E-state index in [-0.39, 0.29) is 6.04 Å². The van der Waals surface area contributed by atoms with Crippen LogP contribution in [-0.4, -0.2) is 0 Å². The van der Waals surface area contributed by atoms with Crippen molar-refractivity contribution in [1.82, 2.24) is 0 Å². The molecule has 0 aliphatic carbocycles. The van der Waals surface area contributed by atoms with Crippen LogP contribution in [0.5, 0.6) is 5.75 Å². The van der Waals surface area contributed by atoms with Crippen LogP contribution in [0.4, 0.5) is 0 Å². The predicted octanol–water partition coefficient (Wildman–Crippen LogP) is 3.90. The highest BCUT2D eigenvalue weighted by atomic mass is 16.5. The van der Waals surface area contributed by atoms with E-state index < -0.39 is 0 Å². The summed E-state index contributed by atoms with van der Waals surface area (Å²) in [5.41, 5.74) is 10.7. The van der Waals surface area contributed by atoms with Crippen molar-refractivity contribution in [1.29, 1.82) is 0 Å². The van der Waals surface area contributed by atoms with Crippen LogP contribution in [0.15, 0.2) is 42.5 Å². The molecule has 0 aliphatic heterocycles. The van der Waals surface area contributed by atoms with Gasteiger partial charge in [0.25, 0.3) is 0 Å². The summed E-state index contributed by atoms with van der Waals surface area (Å²) in [7, 11) is 0. The standard InChI is InChI=1S/C17H21NO/c1-12-7-8-13(2)16(9-12)11-19-17-6-4-5-15(10-17)14(3)18/h4-10,14H,11,18H2,1-3H3/t14-/m0/s1. The van der Waals surface area contributed by atoms with Crippen molar-refractivity contribution in [2.45, 2.75) is 33.4 Å². The van der Waals surface area contributed by atoms with Gasteiger partial charge in [0.2, 0.25) is 0 Å². The van der Waals surface area contributed by atoms with Crippen molar-refractivity contribution in [2.75, 3.05) is 0 Å². The highest BCUT2D eigenvalue weighted by molar-refractivity contribution is 5.32. The van der Waals surface area contributed by atoms with E-state index in [1.54, 1.807) is 0 Å². The monoisotopic (exact) mass is 255 g/mol. The minimum atomic E-state index is 0.0317. The Balaban J connectivity index is 2.10. The molecule has 0 aromatic heterocycles. The molecular formula is C17H21NO. The largest absolute Gasteiger partial charge is 0.489 e. The van der Waals surface area contributed by atoms with Crippen LogP contribution in [-0.2, 0) is 6.61 Å². The van der Waals surface area contributed by atoms with Gasteiger partial charge in [0, 0.05) is 6.04 Å². The number of hydrogen-bond donors (Lipinski definition) is 1. The van der Waals surface area contributed by atoms with Crippen molar-refractivity contribution in [3.05, 3.63) is 64.7 Å². The molecule has 100 valence electrons. The molecule has 0 unspecified atom stereocenters. The molecule has 2 aromatic carbocycles. The molecule has 2 heteroatoms. The normalized spacial score (nSPS) is 12.2. The van der Waals surface area contributed by atoms with E-state index in [2.05, 4.69) is 32.0 Å². The lowest BCUT2D eigenvalue weighted by Crippen LogP contribution is -2.05. The minimum Gasteiger partial charge on any atom is -0.489 e. The summed E-state index contributed by atoms with van der Waals surface area (Å²) >= 11 is 0. The molecule has 0 saturated heterocycles. The average molecular weight is 255 g/mol. The number of nitrogens with two attached hydrogens (primary N) is 1. The van der Waals surface area contributed by atoms with Crippen LogP contribution in [0.2, 0.25) is 0 Å². The average Bonchev–Trinajstić information content (AvgIpc) is 2.40. The lowest BCUT2D eigenvalue weighted by Gasteiger charge is -2.12.